The average molecular weight is 468 g/mol. The van der Waals surface area contributed by atoms with Gasteiger partial charge in [0.25, 0.3) is 0 Å². The van der Waals surface area contributed by atoms with Crippen LogP contribution >= 0.6 is 23.1 Å². The molecule has 5 nitrogen and oxygen atoms in total. The highest BCUT2D eigenvalue weighted by atomic mass is 32.2. The molecule has 0 aliphatic rings. The molecule has 0 spiro atoms. The summed E-state index contributed by atoms with van der Waals surface area (Å²) < 4.78 is 41.6. The van der Waals surface area contributed by atoms with Gasteiger partial charge in [-0.3, -0.25) is 9.59 Å². The molecule has 0 bridgehead atoms. The largest absolute Gasteiger partial charge is 0.416 e. The van der Waals surface area contributed by atoms with Gasteiger partial charge >= 0.3 is 6.18 Å². The molecule has 0 aliphatic carbocycles. The number of ketones is 1. The lowest BCUT2D eigenvalue weighted by Gasteiger charge is -2.13. The second-order valence-electron chi connectivity index (χ2n) is 7.01. The fraction of sp³-hybridized carbons (Fsp3) is 0.286. The van der Waals surface area contributed by atoms with Crippen LogP contribution in [0.25, 0.3) is 5.69 Å². The molecule has 1 aromatic carbocycles. The van der Waals surface area contributed by atoms with E-state index in [9.17, 15) is 22.8 Å². The van der Waals surface area contributed by atoms with Crippen LogP contribution < -0.4 is 5.73 Å². The van der Waals surface area contributed by atoms with E-state index < -0.39 is 17.6 Å². The van der Waals surface area contributed by atoms with E-state index in [-0.39, 0.29) is 18.0 Å². The third-order valence-corrected chi connectivity index (χ3v) is 7.00. The van der Waals surface area contributed by atoms with Crippen molar-refractivity contribution in [2.24, 2.45) is 5.73 Å². The van der Waals surface area contributed by atoms with E-state index in [4.69, 9.17) is 5.73 Å². The van der Waals surface area contributed by atoms with Gasteiger partial charge in [-0.1, -0.05) is 17.8 Å². The fourth-order valence-corrected chi connectivity index (χ4v) is 5.38. The number of amides is 1. The van der Waals surface area contributed by atoms with Crippen molar-refractivity contribution in [2.45, 2.75) is 37.7 Å². The minimum absolute atomic E-state index is 0.107. The highest BCUT2D eigenvalue weighted by molar-refractivity contribution is 8.01. The lowest BCUT2D eigenvalue weighted by molar-refractivity contribution is -0.137. The maximum atomic E-state index is 13.1. The predicted molar refractivity (Wildman–Crippen MR) is 115 cm³/mol. The number of thiazole rings is 1. The van der Waals surface area contributed by atoms with Crippen molar-refractivity contribution in [1.82, 2.24) is 9.55 Å². The first kappa shape index (κ1) is 23.1. The Bertz CT molecular complexity index is 1150. The Morgan fingerprint density at radius 1 is 1.19 bits per heavy atom. The van der Waals surface area contributed by atoms with Crippen LogP contribution in [0.5, 0.6) is 0 Å². The van der Waals surface area contributed by atoms with Crippen molar-refractivity contribution < 1.29 is 22.8 Å². The first-order valence-corrected chi connectivity index (χ1v) is 11.0. The average Bonchev–Trinajstić information content (AvgIpc) is 3.17. The van der Waals surface area contributed by atoms with E-state index in [2.05, 4.69) is 4.98 Å². The minimum Gasteiger partial charge on any atom is -0.369 e. The van der Waals surface area contributed by atoms with Crippen LogP contribution in [0, 0.1) is 20.8 Å². The minimum atomic E-state index is -4.44. The van der Waals surface area contributed by atoms with E-state index in [0.717, 1.165) is 17.0 Å². The molecule has 2 N–H and O–H groups in total. The number of hydrogen-bond acceptors (Lipinski definition) is 5. The number of primary amides is 1. The lowest BCUT2D eigenvalue weighted by atomic mass is 10.1. The second kappa shape index (κ2) is 8.88. The Labute approximate surface area is 185 Å². The summed E-state index contributed by atoms with van der Waals surface area (Å²) in [4.78, 5) is 29.1. The molecule has 0 unspecified atom stereocenters. The van der Waals surface area contributed by atoms with Gasteiger partial charge in [-0.2, -0.15) is 13.2 Å². The molecule has 0 aliphatic heterocycles. The number of aromatic nitrogens is 2. The number of alkyl halides is 3. The van der Waals surface area contributed by atoms with Gasteiger partial charge in [0.2, 0.25) is 5.91 Å². The van der Waals surface area contributed by atoms with E-state index >= 15 is 0 Å². The quantitative estimate of drug-likeness (QED) is 0.397. The standard InChI is InChI=1S/C21H20F3N3O2S2/c1-11-7-16(13(3)27(11)15-6-4-5-14(8-15)21(22,23)24)17(28)10-30-20-26-12(2)18(31-20)9-19(25)29/h4-8H,9-10H2,1-3H3,(H2,25,29). The van der Waals surface area contributed by atoms with E-state index in [1.165, 1.54) is 29.2 Å². The Kier molecular flexibility index (Phi) is 6.61. The number of carbonyl (C=O) groups is 2. The SMILES string of the molecule is Cc1nc(SCC(=O)c2cc(C)n(-c3cccc(C(F)(F)F)c3)c2C)sc1CC(N)=O. The number of hydrogen-bond donors (Lipinski definition) is 1. The Hall–Kier alpha value is -2.59. The maximum absolute atomic E-state index is 13.1. The first-order chi connectivity index (χ1) is 14.5. The number of nitrogens with two attached hydrogens (primary N) is 1. The number of aryl methyl sites for hydroxylation is 2. The van der Waals surface area contributed by atoms with Crippen molar-refractivity contribution in [2.75, 3.05) is 5.75 Å². The summed E-state index contributed by atoms with van der Waals surface area (Å²) in [7, 11) is 0. The lowest BCUT2D eigenvalue weighted by Crippen LogP contribution is -2.13. The Morgan fingerprint density at radius 2 is 1.90 bits per heavy atom. The van der Waals surface area contributed by atoms with Gasteiger partial charge in [0.05, 0.1) is 23.4 Å². The molecule has 164 valence electrons. The number of nitrogens with zero attached hydrogens (tertiary/aromatic N) is 2. The summed E-state index contributed by atoms with van der Waals surface area (Å²) in [5.41, 5.74) is 7.24. The normalized spacial score (nSPS) is 11.7. The number of rotatable bonds is 7. The molecule has 0 saturated heterocycles. The summed E-state index contributed by atoms with van der Waals surface area (Å²) in [6.45, 7) is 5.24. The van der Waals surface area contributed by atoms with E-state index in [0.29, 0.717) is 32.7 Å². The van der Waals surface area contributed by atoms with Crippen LogP contribution in [0.2, 0.25) is 0 Å². The summed E-state index contributed by atoms with van der Waals surface area (Å²) >= 11 is 2.58. The molecular formula is C21H20F3N3O2S2. The number of Topliss-reactive ketones (excluding diaryl/α,β-unsaturated/α-hetero) is 1. The highest BCUT2D eigenvalue weighted by Crippen LogP contribution is 2.32. The van der Waals surface area contributed by atoms with Gasteiger partial charge in [-0.25, -0.2) is 4.98 Å². The third-order valence-electron chi connectivity index (χ3n) is 4.70. The van der Waals surface area contributed by atoms with Crippen molar-refractivity contribution in [3.63, 3.8) is 0 Å². The summed E-state index contributed by atoms with van der Waals surface area (Å²) in [6.07, 6.45) is -4.34. The summed E-state index contributed by atoms with van der Waals surface area (Å²) in [5.74, 6) is -0.474. The smallest absolute Gasteiger partial charge is 0.369 e. The van der Waals surface area contributed by atoms with Crippen molar-refractivity contribution in [1.29, 1.82) is 0 Å². The fourth-order valence-electron chi connectivity index (χ4n) is 3.25. The van der Waals surface area contributed by atoms with Gasteiger partial charge in [-0.05, 0) is 45.0 Å². The van der Waals surface area contributed by atoms with Gasteiger partial charge in [-0.15, -0.1) is 11.3 Å². The molecule has 0 saturated carbocycles. The van der Waals surface area contributed by atoms with Crippen molar-refractivity contribution >= 4 is 34.8 Å². The zero-order valence-electron chi connectivity index (χ0n) is 17.0. The summed E-state index contributed by atoms with van der Waals surface area (Å²) in [5, 5.41) is 0. The van der Waals surface area contributed by atoms with Crippen LogP contribution in [0.3, 0.4) is 0 Å². The molecule has 2 heterocycles. The van der Waals surface area contributed by atoms with Gasteiger partial charge in [0.1, 0.15) is 0 Å². The molecule has 1 amide bonds. The predicted octanol–water partition coefficient (Wildman–Crippen LogP) is 4.88. The molecule has 0 radical (unpaired) electrons. The van der Waals surface area contributed by atoms with E-state index in [1.807, 2.05) is 0 Å². The van der Waals surface area contributed by atoms with E-state index in [1.54, 1.807) is 37.5 Å². The zero-order valence-corrected chi connectivity index (χ0v) is 18.7. The molecule has 31 heavy (non-hydrogen) atoms. The number of thioether (sulfide) groups is 1. The third kappa shape index (κ3) is 5.19. The molecular weight excluding hydrogens is 447 g/mol. The monoisotopic (exact) mass is 467 g/mol. The number of benzene rings is 1. The molecule has 3 rings (SSSR count). The van der Waals surface area contributed by atoms with Gasteiger partial charge < -0.3 is 10.3 Å². The molecule has 0 atom stereocenters. The van der Waals surface area contributed by atoms with Crippen LogP contribution in [-0.4, -0.2) is 27.0 Å². The van der Waals surface area contributed by atoms with Crippen molar-refractivity contribution in [3.05, 3.63) is 63.4 Å². The number of carbonyl (C=O) groups excluding carboxylic acids is 2. The van der Waals surface area contributed by atoms with Crippen molar-refractivity contribution in [3.8, 4) is 5.69 Å². The first-order valence-electron chi connectivity index (χ1n) is 9.24. The topological polar surface area (TPSA) is 78.0 Å². The van der Waals surface area contributed by atoms with Crippen LogP contribution in [0.1, 0.15) is 37.9 Å². The second-order valence-corrected chi connectivity index (χ2v) is 9.32. The Morgan fingerprint density at radius 3 is 2.55 bits per heavy atom. The van der Waals surface area contributed by atoms with Gasteiger partial charge in [0, 0.05) is 27.5 Å². The summed E-state index contributed by atoms with van der Waals surface area (Å²) in [6, 6.07) is 6.70. The van der Waals surface area contributed by atoms with Crippen LogP contribution in [0.4, 0.5) is 13.2 Å². The highest BCUT2D eigenvalue weighted by Gasteiger charge is 2.31. The van der Waals surface area contributed by atoms with Crippen LogP contribution in [0.15, 0.2) is 34.7 Å². The number of halogens is 3. The molecule has 10 heteroatoms. The van der Waals surface area contributed by atoms with Gasteiger partial charge in [0.15, 0.2) is 10.1 Å². The Balaban J connectivity index is 1.81. The molecule has 2 aromatic heterocycles. The molecule has 3 aromatic rings. The zero-order chi connectivity index (χ0) is 22.9. The van der Waals surface area contributed by atoms with Crippen LogP contribution in [-0.2, 0) is 17.4 Å². The molecule has 0 fully saturated rings. The maximum Gasteiger partial charge on any atom is 0.416 e.